The van der Waals surface area contributed by atoms with E-state index in [2.05, 4.69) is 6.92 Å². The van der Waals surface area contributed by atoms with Crippen molar-refractivity contribution in [1.29, 1.82) is 0 Å². The smallest absolute Gasteiger partial charge is 0.333 e. The Morgan fingerprint density at radius 3 is 2.65 bits per heavy atom. The molecule has 7 atom stereocenters. The Hall–Kier alpha value is -1.66. The van der Waals surface area contributed by atoms with Gasteiger partial charge in [-0.1, -0.05) is 12.5 Å². The molecule has 4 fully saturated rings. The maximum atomic E-state index is 12.2. The maximum Gasteiger partial charge on any atom is 0.333 e. The lowest BCUT2D eigenvalue weighted by Gasteiger charge is -2.55. The molecule has 5 rings (SSSR count). The Balaban J connectivity index is 1.50. The zero-order valence-corrected chi connectivity index (χ0v) is 19.1. The first-order chi connectivity index (χ1) is 14.7. The van der Waals surface area contributed by atoms with Crippen molar-refractivity contribution in [3.63, 3.8) is 0 Å². The molecule has 170 valence electrons. The van der Waals surface area contributed by atoms with Crippen LogP contribution < -0.4 is 0 Å². The number of esters is 1. The van der Waals surface area contributed by atoms with Gasteiger partial charge in [0.15, 0.2) is 5.78 Å². The highest BCUT2D eigenvalue weighted by atomic mass is 16.9. The van der Waals surface area contributed by atoms with Gasteiger partial charge < -0.3 is 18.9 Å². The molecule has 0 aromatic heterocycles. The molecule has 1 heterocycles. The summed E-state index contributed by atoms with van der Waals surface area (Å²) >= 11 is 0. The fourth-order valence-corrected chi connectivity index (χ4v) is 7.82. The molecular formula is C25H34O6. The Morgan fingerprint density at radius 1 is 1.10 bits per heavy atom. The van der Waals surface area contributed by atoms with Crippen LogP contribution >= 0.6 is 0 Å². The molecule has 5 aliphatic rings. The van der Waals surface area contributed by atoms with Gasteiger partial charge in [0.1, 0.15) is 11.4 Å². The SMILES string of the molecule is COC(=O)C=C1OC(C)(OC)O[C@]12CCC1C3CCC4=CC(=O)CCC4C3CC[C@@]12C. The minimum atomic E-state index is -1.21. The fourth-order valence-electron chi connectivity index (χ4n) is 7.82. The summed E-state index contributed by atoms with van der Waals surface area (Å²) in [6.45, 7) is 4.10. The van der Waals surface area contributed by atoms with Crippen molar-refractivity contribution in [3.05, 3.63) is 23.5 Å². The van der Waals surface area contributed by atoms with Crippen molar-refractivity contribution in [2.45, 2.75) is 76.8 Å². The molecule has 31 heavy (non-hydrogen) atoms. The molecule has 0 aromatic carbocycles. The van der Waals surface area contributed by atoms with Gasteiger partial charge in [-0.3, -0.25) is 4.79 Å². The van der Waals surface area contributed by atoms with Gasteiger partial charge in [-0.05, 0) is 74.7 Å². The molecule has 6 heteroatoms. The van der Waals surface area contributed by atoms with Crippen LogP contribution in [0.25, 0.3) is 0 Å². The third-order valence-electron chi connectivity index (χ3n) is 9.29. The number of carbonyl (C=O) groups is 2. The molecule has 4 aliphatic carbocycles. The normalized spacial score (nSPS) is 47.4. The Kier molecular flexibility index (Phi) is 4.91. The quantitative estimate of drug-likeness (QED) is 0.481. The van der Waals surface area contributed by atoms with Gasteiger partial charge in [0, 0.05) is 25.9 Å². The van der Waals surface area contributed by atoms with Crippen LogP contribution in [0.3, 0.4) is 0 Å². The van der Waals surface area contributed by atoms with Crippen LogP contribution in [0.1, 0.15) is 65.2 Å². The molecular weight excluding hydrogens is 396 g/mol. The number of methoxy groups -OCH3 is 2. The van der Waals surface area contributed by atoms with Gasteiger partial charge in [0.05, 0.1) is 13.2 Å². The number of rotatable bonds is 2. The number of carbonyl (C=O) groups excluding carboxylic acids is 2. The molecule has 6 nitrogen and oxygen atoms in total. The molecule has 5 unspecified atom stereocenters. The van der Waals surface area contributed by atoms with E-state index in [0.29, 0.717) is 41.6 Å². The second-order valence-electron chi connectivity index (χ2n) is 10.4. The first-order valence-electron chi connectivity index (χ1n) is 11.7. The van der Waals surface area contributed by atoms with Crippen molar-refractivity contribution in [1.82, 2.24) is 0 Å². The summed E-state index contributed by atoms with van der Waals surface area (Å²) < 4.78 is 23.2. The predicted octanol–water partition coefficient (Wildman–Crippen LogP) is 4.29. The minimum Gasteiger partial charge on any atom is -0.466 e. The van der Waals surface area contributed by atoms with E-state index in [4.69, 9.17) is 18.9 Å². The zero-order chi connectivity index (χ0) is 22.0. The first kappa shape index (κ1) is 21.2. The topological polar surface area (TPSA) is 71.1 Å². The van der Waals surface area contributed by atoms with E-state index in [9.17, 15) is 9.59 Å². The molecule has 1 spiro atoms. The van der Waals surface area contributed by atoms with Crippen LogP contribution in [0.2, 0.25) is 0 Å². The van der Waals surface area contributed by atoms with E-state index in [-0.39, 0.29) is 5.41 Å². The second kappa shape index (κ2) is 7.17. The third-order valence-corrected chi connectivity index (χ3v) is 9.29. The summed E-state index contributed by atoms with van der Waals surface area (Å²) in [5.74, 6) is 1.53. The number of fused-ring (bicyclic) bond motifs is 6. The Bertz CT molecular complexity index is 860. The van der Waals surface area contributed by atoms with E-state index in [0.717, 1.165) is 44.9 Å². The van der Waals surface area contributed by atoms with Crippen LogP contribution in [0.4, 0.5) is 0 Å². The largest absolute Gasteiger partial charge is 0.466 e. The van der Waals surface area contributed by atoms with Crippen molar-refractivity contribution in [2.24, 2.45) is 29.1 Å². The average Bonchev–Trinajstić information content (AvgIpc) is 3.22. The summed E-state index contributed by atoms with van der Waals surface area (Å²) in [6, 6.07) is 0. The molecule has 0 amide bonds. The lowest BCUT2D eigenvalue weighted by molar-refractivity contribution is -0.331. The molecule has 3 saturated carbocycles. The molecule has 0 bridgehead atoms. The number of hydrogen-bond donors (Lipinski definition) is 0. The van der Waals surface area contributed by atoms with Gasteiger partial charge in [-0.25, -0.2) is 4.79 Å². The van der Waals surface area contributed by atoms with Gasteiger partial charge >= 0.3 is 11.9 Å². The van der Waals surface area contributed by atoms with Crippen LogP contribution in [0.5, 0.6) is 0 Å². The van der Waals surface area contributed by atoms with Gasteiger partial charge in [-0.2, -0.15) is 0 Å². The van der Waals surface area contributed by atoms with E-state index in [1.807, 2.05) is 6.08 Å². The minimum absolute atomic E-state index is 0.143. The second-order valence-corrected chi connectivity index (χ2v) is 10.4. The van der Waals surface area contributed by atoms with Crippen LogP contribution in [-0.2, 0) is 28.5 Å². The lowest BCUT2D eigenvalue weighted by atomic mass is 9.50. The summed E-state index contributed by atoms with van der Waals surface area (Å²) in [4.78, 5) is 24.1. The van der Waals surface area contributed by atoms with Crippen molar-refractivity contribution < 1.29 is 28.5 Å². The standard InChI is InChI=1S/C25H34O6/c1-23-11-9-18-17-8-6-16(26)13-15(17)5-7-19(18)20(23)10-12-25(23)21(14-22(27)28-3)30-24(2,29-4)31-25/h13-14,17-20H,5-12H2,1-4H3/t17?,18?,19?,20?,23-,24?,25+/m0/s1. The summed E-state index contributed by atoms with van der Waals surface area (Å²) in [6.07, 6.45) is 11.3. The first-order valence-corrected chi connectivity index (χ1v) is 11.7. The maximum absolute atomic E-state index is 12.2. The van der Waals surface area contributed by atoms with E-state index in [1.165, 1.54) is 18.8 Å². The molecule has 0 radical (unpaired) electrons. The lowest BCUT2D eigenvalue weighted by Crippen LogP contribution is -2.54. The van der Waals surface area contributed by atoms with Crippen molar-refractivity contribution in [3.8, 4) is 0 Å². The monoisotopic (exact) mass is 430 g/mol. The summed E-state index contributed by atoms with van der Waals surface area (Å²) in [5, 5.41) is 0. The van der Waals surface area contributed by atoms with E-state index in [1.54, 1.807) is 14.0 Å². The third kappa shape index (κ3) is 2.97. The molecule has 1 aliphatic heterocycles. The Morgan fingerprint density at radius 2 is 1.90 bits per heavy atom. The van der Waals surface area contributed by atoms with E-state index < -0.39 is 17.5 Å². The van der Waals surface area contributed by atoms with E-state index >= 15 is 0 Å². The summed E-state index contributed by atoms with van der Waals surface area (Å²) in [7, 11) is 2.95. The van der Waals surface area contributed by atoms with Gasteiger partial charge in [0.2, 0.25) is 0 Å². The highest BCUT2D eigenvalue weighted by Gasteiger charge is 2.70. The fraction of sp³-hybridized carbons (Fsp3) is 0.760. The number of hydrogen-bond acceptors (Lipinski definition) is 6. The molecule has 1 saturated heterocycles. The van der Waals surface area contributed by atoms with Gasteiger partial charge in [0.25, 0.3) is 0 Å². The molecule has 0 N–H and O–H groups in total. The Labute approximate surface area is 184 Å². The van der Waals surface area contributed by atoms with Gasteiger partial charge in [-0.15, -0.1) is 0 Å². The highest BCUT2D eigenvalue weighted by molar-refractivity contribution is 5.91. The predicted molar refractivity (Wildman–Crippen MR) is 113 cm³/mol. The van der Waals surface area contributed by atoms with Crippen LogP contribution in [0, 0.1) is 29.1 Å². The number of ketones is 1. The number of ether oxygens (including phenoxy) is 4. The van der Waals surface area contributed by atoms with Crippen LogP contribution in [-0.4, -0.2) is 37.5 Å². The molecule has 0 aromatic rings. The summed E-state index contributed by atoms with van der Waals surface area (Å²) in [5.41, 5.74) is 0.573. The zero-order valence-electron chi connectivity index (χ0n) is 19.1. The average molecular weight is 431 g/mol. The van der Waals surface area contributed by atoms with Crippen molar-refractivity contribution >= 4 is 11.8 Å². The van der Waals surface area contributed by atoms with Crippen LogP contribution in [0.15, 0.2) is 23.5 Å². The highest BCUT2D eigenvalue weighted by Crippen LogP contribution is 2.69. The van der Waals surface area contributed by atoms with Crippen molar-refractivity contribution in [2.75, 3.05) is 14.2 Å². The number of allylic oxidation sites excluding steroid dienone is 1.